The normalized spacial score (nSPS) is 19.6. The smallest absolute Gasteiger partial charge is 0.108 e. The van der Waals surface area contributed by atoms with Crippen molar-refractivity contribution in [2.45, 2.75) is 57.6 Å². The van der Waals surface area contributed by atoms with Crippen LogP contribution in [0.15, 0.2) is 18.2 Å². The van der Waals surface area contributed by atoms with E-state index in [-0.39, 0.29) is 11.0 Å². The monoisotopic (exact) mass is 248 g/mol. The van der Waals surface area contributed by atoms with Gasteiger partial charge in [0.15, 0.2) is 0 Å². The van der Waals surface area contributed by atoms with Gasteiger partial charge in [-0.1, -0.05) is 13.0 Å². The Labute approximate surface area is 110 Å². The molecule has 1 saturated carbocycles. The van der Waals surface area contributed by atoms with E-state index in [0.717, 1.165) is 11.4 Å². The molecular weight excluding hydrogens is 224 g/mol. The first-order valence-corrected chi connectivity index (χ1v) is 6.71. The van der Waals surface area contributed by atoms with E-state index in [2.05, 4.69) is 44.1 Å². The van der Waals surface area contributed by atoms with Crippen molar-refractivity contribution in [3.63, 3.8) is 0 Å². The fourth-order valence-corrected chi connectivity index (χ4v) is 1.92. The van der Waals surface area contributed by atoms with Crippen molar-refractivity contribution in [1.29, 1.82) is 0 Å². The summed E-state index contributed by atoms with van der Waals surface area (Å²) in [7, 11) is 0. The van der Waals surface area contributed by atoms with Crippen molar-refractivity contribution in [2.24, 2.45) is 0 Å². The molecule has 2 rings (SSSR count). The molecule has 2 N–H and O–H groups in total. The summed E-state index contributed by atoms with van der Waals surface area (Å²) in [6.07, 6.45) is 1.88. The third-order valence-corrected chi connectivity index (χ3v) is 3.56. The van der Waals surface area contributed by atoms with Gasteiger partial charge in [0, 0.05) is 23.2 Å². The predicted molar refractivity (Wildman–Crippen MR) is 73.5 cm³/mol. The van der Waals surface area contributed by atoms with Crippen LogP contribution >= 0.6 is 0 Å². The molecule has 0 bridgehead atoms. The maximum Gasteiger partial charge on any atom is 0.108 e. The molecule has 3 nitrogen and oxygen atoms in total. The number of hydrogen-bond donors (Lipinski definition) is 2. The number of pyridine rings is 1. The molecule has 1 unspecified atom stereocenters. The Bertz CT molecular complexity index is 419. The summed E-state index contributed by atoms with van der Waals surface area (Å²) in [5.74, 6) is 0. The zero-order valence-electron chi connectivity index (χ0n) is 11.8. The summed E-state index contributed by atoms with van der Waals surface area (Å²) in [4.78, 5) is 4.62. The lowest BCUT2D eigenvalue weighted by Gasteiger charge is -2.23. The van der Waals surface area contributed by atoms with Crippen LogP contribution in [0, 0.1) is 0 Å². The molecule has 1 aromatic heterocycles. The lowest BCUT2D eigenvalue weighted by atomic mass is 10.0. The van der Waals surface area contributed by atoms with E-state index in [1.807, 2.05) is 12.1 Å². The molecule has 1 fully saturated rings. The largest absolute Gasteiger partial charge is 0.385 e. The quantitative estimate of drug-likeness (QED) is 0.860. The molecule has 1 heterocycles. The van der Waals surface area contributed by atoms with Crippen LogP contribution in [0.5, 0.6) is 0 Å². The number of nitrogens with one attached hydrogen (secondary N) is 1. The van der Waals surface area contributed by atoms with Gasteiger partial charge < -0.3 is 10.4 Å². The lowest BCUT2D eigenvalue weighted by Crippen LogP contribution is -2.38. The van der Waals surface area contributed by atoms with Crippen molar-refractivity contribution in [2.75, 3.05) is 6.54 Å². The van der Waals surface area contributed by atoms with Gasteiger partial charge in [0.05, 0.1) is 5.69 Å². The molecular formula is C15H24N2O. The molecule has 1 aliphatic rings. The highest BCUT2D eigenvalue weighted by Crippen LogP contribution is 2.46. The molecule has 3 heteroatoms. The van der Waals surface area contributed by atoms with Crippen molar-refractivity contribution in [3.05, 3.63) is 29.6 Å². The third-order valence-electron chi connectivity index (χ3n) is 3.56. The Morgan fingerprint density at radius 2 is 2.06 bits per heavy atom. The number of hydrogen-bond acceptors (Lipinski definition) is 3. The minimum absolute atomic E-state index is 0.0149. The van der Waals surface area contributed by atoms with E-state index in [0.29, 0.717) is 6.54 Å². The molecule has 1 aliphatic carbocycles. The van der Waals surface area contributed by atoms with Gasteiger partial charge in [-0.05, 0) is 45.7 Å². The summed E-state index contributed by atoms with van der Waals surface area (Å²) in [6, 6.07) is 5.98. The van der Waals surface area contributed by atoms with E-state index in [1.165, 1.54) is 12.8 Å². The van der Waals surface area contributed by atoms with E-state index < -0.39 is 6.10 Å². The van der Waals surface area contributed by atoms with Gasteiger partial charge in [-0.3, -0.25) is 4.98 Å². The number of aliphatic hydroxyl groups excluding tert-OH is 1. The van der Waals surface area contributed by atoms with Crippen molar-refractivity contribution < 1.29 is 5.11 Å². The van der Waals surface area contributed by atoms with E-state index >= 15 is 0 Å². The van der Waals surface area contributed by atoms with Crippen LogP contribution in [0.25, 0.3) is 0 Å². The maximum absolute atomic E-state index is 10.2. The van der Waals surface area contributed by atoms with E-state index in [9.17, 15) is 5.11 Å². The number of aromatic nitrogens is 1. The van der Waals surface area contributed by atoms with Crippen molar-refractivity contribution in [1.82, 2.24) is 10.3 Å². The molecule has 0 aromatic carbocycles. The fourth-order valence-electron chi connectivity index (χ4n) is 1.92. The van der Waals surface area contributed by atoms with Gasteiger partial charge in [0.1, 0.15) is 6.10 Å². The van der Waals surface area contributed by atoms with Gasteiger partial charge in [0.25, 0.3) is 0 Å². The maximum atomic E-state index is 10.2. The molecule has 0 aliphatic heterocycles. The van der Waals surface area contributed by atoms with Crippen LogP contribution in [-0.4, -0.2) is 22.2 Å². The number of aliphatic hydroxyl groups is 1. The minimum Gasteiger partial charge on any atom is -0.385 e. The molecule has 100 valence electrons. The summed E-state index contributed by atoms with van der Waals surface area (Å²) >= 11 is 0. The van der Waals surface area contributed by atoms with Gasteiger partial charge in [-0.2, -0.15) is 0 Å². The van der Waals surface area contributed by atoms with Crippen molar-refractivity contribution >= 4 is 0 Å². The Morgan fingerprint density at radius 1 is 1.39 bits per heavy atom. The summed E-state index contributed by atoms with van der Waals surface area (Å²) in [5.41, 5.74) is 2.17. The number of β-amino-alcohol motifs (C(OH)–C–C–N with tert-alkyl or cyclic N) is 1. The van der Waals surface area contributed by atoms with Crippen LogP contribution < -0.4 is 5.32 Å². The molecule has 0 amide bonds. The first-order chi connectivity index (χ1) is 8.30. The van der Waals surface area contributed by atoms with Crippen LogP contribution in [0.2, 0.25) is 0 Å². The molecule has 1 aromatic rings. The van der Waals surface area contributed by atoms with Gasteiger partial charge >= 0.3 is 0 Å². The number of nitrogens with zero attached hydrogens (tertiary/aromatic N) is 1. The average molecular weight is 248 g/mol. The highest BCUT2D eigenvalue weighted by atomic mass is 16.3. The highest BCUT2D eigenvalue weighted by molar-refractivity contribution is 5.25. The summed E-state index contributed by atoms with van der Waals surface area (Å²) < 4.78 is 0. The fraction of sp³-hybridized carbons (Fsp3) is 0.667. The zero-order chi connectivity index (χ0) is 13.4. The molecule has 0 saturated heterocycles. The van der Waals surface area contributed by atoms with Crippen LogP contribution in [0.4, 0.5) is 0 Å². The minimum atomic E-state index is -0.536. The molecule has 18 heavy (non-hydrogen) atoms. The van der Waals surface area contributed by atoms with Gasteiger partial charge in [-0.25, -0.2) is 0 Å². The van der Waals surface area contributed by atoms with Gasteiger partial charge in [-0.15, -0.1) is 0 Å². The van der Waals surface area contributed by atoms with E-state index in [4.69, 9.17) is 0 Å². The first-order valence-electron chi connectivity index (χ1n) is 6.71. The Morgan fingerprint density at radius 3 is 2.61 bits per heavy atom. The summed E-state index contributed by atoms with van der Waals surface area (Å²) in [6.45, 7) is 9.05. The summed E-state index contributed by atoms with van der Waals surface area (Å²) in [5, 5.41) is 13.5. The second-order valence-electron chi connectivity index (χ2n) is 6.66. The predicted octanol–water partition coefficient (Wildman–Crippen LogP) is 2.55. The standard InChI is InChI=1S/C15H24N2O/c1-14(2,3)16-10-12(18)11-6-5-7-13(17-11)15(4)8-9-15/h5-7,12,16,18H,8-10H2,1-4H3. The Balaban J connectivity index is 2.04. The molecule has 0 radical (unpaired) electrons. The first kappa shape index (κ1) is 13.5. The van der Waals surface area contributed by atoms with Crippen LogP contribution in [-0.2, 0) is 5.41 Å². The Kier molecular flexibility index (Phi) is 3.47. The average Bonchev–Trinajstić information content (AvgIpc) is 3.05. The SMILES string of the molecule is CC(C)(C)NCC(O)c1cccc(C2(C)CC2)n1. The van der Waals surface area contributed by atoms with Crippen molar-refractivity contribution in [3.8, 4) is 0 Å². The van der Waals surface area contributed by atoms with Crippen LogP contribution in [0.1, 0.15) is 58.0 Å². The number of rotatable bonds is 4. The third kappa shape index (κ3) is 3.30. The van der Waals surface area contributed by atoms with Crippen LogP contribution in [0.3, 0.4) is 0 Å². The molecule has 0 spiro atoms. The van der Waals surface area contributed by atoms with E-state index in [1.54, 1.807) is 0 Å². The topological polar surface area (TPSA) is 45.1 Å². The highest BCUT2D eigenvalue weighted by Gasteiger charge is 2.40. The second kappa shape index (κ2) is 4.63. The Hall–Kier alpha value is -0.930. The zero-order valence-corrected chi connectivity index (χ0v) is 11.8. The lowest BCUT2D eigenvalue weighted by molar-refractivity contribution is 0.158. The second-order valence-corrected chi connectivity index (χ2v) is 6.66. The van der Waals surface area contributed by atoms with Gasteiger partial charge in [0.2, 0.25) is 0 Å². The molecule has 1 atom stereocenters.